The van der Waals surface area contributed by atoms with Gasteiger partial charge in [-0.05, 0) is 35.2 Å². The summed E-state index contributed by atoms with van der Waals surface area (Å²) < 4.78 is 39.2. The molecule has 2 heterocycles. The second-order valence-electron chi connectivity index (χ2n) is 9.56. The molecule has 0 bridgehead atoms. The zero-order chi connectivity index (χ0) is 25.9. The van der Waals surface area contributed by atoms with E-state index in [2.05, 4.69) is 10.2 Å². The molecule has 37 heavy (non-hydrogen) atoms. The molecule has 2 saturated heterocycles. The SMILES string of the molecule is CC(=O)OC1CC([C@H]2OC(=O)N[C@H]2Cc2cc(F)cc(F)c2)N(C(c2ccccc2)c2ccccc2)C1. The van der Waals surface area contributed by atoms with E-state index in [-0.39, 0.29) is 24.5 Å². The summed E-state index contributed by atoms with van der Waals surface area (Å²) in [5, 5.41) is 2.82. The minimum absolute atomic E-state index is 0.189. The van der Waals surface area contributed by atoms with E-state index in [0.29, 0.717) is 18.5 Å². The number of cyclic esters (lactones) is 1. The molecule has 0 radical (unpaired) electrons. The Morgan fingerprint density at radius 2 is 1.62 bits per heavy atom. The number of esters is 1. The largest absolute Gasteiger partial charge is 0.461 e. The number of alkyl carbamates (subject to hydrolysis) is 1. The standard InChI is InChI=1S/C29H28F2N2O4/c1-18(34)36-24-16-26(28-25(32-29(35)37-28)14-19-12-22(30)15-23(31)13-19)33(17-24)27(20-8-4-2-5-9-20)21-10-6-3-7-11-21/h2-13,15,24-28H,14,16-17H2,1H3,(H,32,35)/t24?,25-,26?,28-/m0/s1. The number of carbonyl (C=O) groups excluding carboxylic acids is 2. The van der Waals surface area contributed by atoms with Crippen molar-refractivity contribution in [1.82, 2.24) is 10.2 Å². The lowest BCUT2D eigenvalue weighted by atomic mass is 9.92. The molecule has 5 rings (SSSR count). The van der Waals surface area contributed by atoms with Gasteiger partial charge in [0.05, 0.1) is 18.1 Å². The zero-order valence-electron chi connectivity index (χ0n) is 20.3. The lowest BCUT2D eigenvalue weighted by molar-refractivity contribution is -0.145. The van der Waals surface area contributed by atoms with Crippen molar-refractivity contribution >= 4 is 12.1 Å². The molecule has 2 aliphatic rings. The number of hydrogen-bond donors (Lipinski definition) is 1. The Morgan fingerprint density at radius 3 is 2.19 bits per heavy atom. The molecule has 0 aliphatic carbocycles. The molecule has 3 aromatic rings. The van der Waals surface area contributed by atoms with Crippen LogP contribution in [0.5, 0.6) is 0 Å². The van der Waals surface area contributed by atoms with Crippen LogP contribution in [-0.4, -0.2) is 47.8 Å². The Kier molecular flexibility index (Phi) is 7.19. The van der Waals surface area contributed by atoms with Crippen molar-refractivity contribution in [3.05, 3.63) is 107 Å². The van der Waals surface area contributed by atoms with Crippen LogP contribution >= 0.6 is 0 Å². The summed E-state index contributed by atoms with van der Waals surface area (Å²) in [6.07, 6.45) is -0.977. The van der Waals surface area contributed by atoms with Gasteiger partial charge < -0.3 is 14.8 Å². The third-order valence-electron chi connectivity index (χ3n) is 6.94. The average molecular weight is 507 g/mol. The van der Waals surface area contributed by atoms with E-state index in [0.717, 1.165) is 17.2 Å². The van der Waals surface area contributed by atoms with Crippen LogP contribution in [0.2, 0.25) is 0 Å². The number of hydrogen-bond acceptors (Lipinski definition) is 5. The lowest BCUT2D eigenvalue weighted by Gasteiger charge is -2.36. The number of carbonyl (C=O) groups is 2. The molecule has 192 valence electrons. The fourth-order valence-electron chi connectivity index (χ4n) is 5.61. The van der Waals surface area contributed by atoms with Crippen molar-refractivity contribution in [2.45, 2.75) is 50.1 Å². The van der Waals surface area contributed by atoms with Gasteiger partial charge in [-0.25, -0.2) is 13.6 Å². The van der Waals surface area contributed by atoms with Crippen LogP contribution in [0.15, 0.2) is 78.9 Å². The highest BCUT2D eigenvalue weighted by Gasteiger charge is 2.49. The number of rotatable bonds is 7. The van der Waals surface area contributed by atoms with E-state index in [4.69, 9.17) is 9.47 Å². The highest BCUT2D eigenvalue weighted by molar-refractivity contribution is 5.70. The van der Waals surface area contributed by atoms with E-state index in [9.17, 15) is 18.4 Å². The van der Waals surface area contributed by atoms with Gasteiger partial charge in [0, 0.05) is 26.0 Å². The summed E-state index contributed by atoms with van der Waals surface area (Å²) in [7, 11) is 0. The zero-order valence-corrected chi connectivity index (χ0v) is 20.3. The minimum atomic E-state index is -0.678. The van der Waals surface area contributed by atoms with Crippen molar-refractivity contribution in [1.29, 1.82) is 0 Å². The molecule has 0 spiro atoms. The second-order valence-corrected chi connectivity index (χ2v) is 9.56. The van der Waals surface area contributed by atoms with Crippen LogP contribution in [0.3, 0.4) is 0 Å². The van der Waals surface area contributed by atoms with Crippen LogP contribution in [0.25, 0.3) is 0 Å². The smallest absolute Gasteiger partial charge is 0.407 e. The molecule has 1 amide bonds. The van der Waals surface area contributed by atoms with Crippen molar-refractivity contribution in [3.8, 4) is 0 Å². The van der Waals surface area contributed by atoms with Gasteiger partial charge in [-0.2, -0.15) is 0 Å². The van der Waals surface area contributed by atoms with Crippen LogP contribution < -0.4 is 5.32 Å². The number of nitrogens with one attached hydrogen (secondary N) is 1. The first-order chi connectivity index (χ1) is 17.9. The van der Waals surface area contributed by atoms with E-state index in [1.807, 2.05) is 60.7 Å². The minimum Gasteiger partial charge on any atom is -0.461 e. The quantitative estimate of drug-likeness (QED) is 0.467. The summed E-state index contributed by atoms with van der Waals surface area (Å²) in [5.74, 6) is -1.74. The lowest BCUT2D eigenvalue weighted by Crippen LogP contribution is -2.48. The maximum atomic E-state index is 13.9. The molecule has 2 unspecified atom stereocenters. The topological polar surface area (TPSA) is 67.9 Å². The number of amides is 1. The normalized spacial score (nSPS) is 23.6. The van der Waals surface area contributed by atoms with Gasteiger partial charge in [-0.15, -0.1) is 0 Å². The first-order valence-corrected chi connectivity index (χ1v) is 12.3. The van der Waals surface area contributed by atoms with Crippen LogP contribution in [-0.2, 0) is 20.7 Å². The summed E-state index contributed by atoms with van der Waals surface area (Å²) in [5.41, 5.74) is 2.51. The fraction of sp³-hybridized carbons (Fsp3) is 0.310. The van der Waals surface area contributed by atoms with Gasteiger partial charge in [0.25, 0.3) is 0 Å². The molecule has 3 aromatic carbocycles. The van der Waals surface area contributed by atoms with Crippen molar-refractivity contribution in [2.75, 3.05) is 6.54 Å². The van der Waals surface area contributed by atoms with E-state index in [1.165, 1.54) is 19.1 Å². The fourth-order valence-corrected chi connectivity index (χ4v) is 5.61. The molecule has 0 saturated carbocycles. The van der Waals surface area contributed by atoms with Crippen LogP contribution in [0.1, 0.15) is 36.1 Å². The van der Waals surface area contributed by atoms with E-state index < -0.39 is 36.0 Å². The van der Waals surface area contributed by atoms with E-state index in [1.54, 1.807) is 0 Å². The maximum absolute atomic E-state index is 13.9. The number of benzene rings is 3. The Labute approximate surface area is 214 Å². The Balaban J connectivity index is 1.51. The van der Waals surface area contributed by atoms with Crippen molar-refractivity contribution in [2.24, 2.45) is 0 Å². The highest BCUT2D eigenvalue weighted by Crippen LogP contribution is 2.39. The number of ether oxygens (including phenoxy) is 2. The Morgan fingerprint density at radius 1 is 1.03 bits per heavy atom. The summed E-state index contributed by atoms with van der Waals surface area (Å²) >= 11 is 0. The van der Waals surface area contributed by atoms with Gasteiger partial charge in [-0.3, -0.25) is 9.69 Å². The predicted octanol–water partition coefficient (Wildman–Crippen LogP) is 4.78. The number of nitrogens with zero attached hydrogens (tertiary/aromatic N) is 1. The number of likely N-dealkylation sites (tertiary alicyclic amines) is 1. The molecule has 6 nitrogen and oxygen atoms in total. The molecule has 8 heteroatoms. The monoisotopic (exact) mass is 506 g/mol. The van der Waals surface area contributed by atoms with Gasteiger partial charge in [0.15, 0.2) is 0 Å². The molecule has 4 atom stereocenters. The molecule has 0 aromatic heterocycles. The number of halogens is 2. The van der Waals surface area contributed by atoms with Crippen molar-refractivity contribution < 1.29 is 27.8 Å². The van der Waals surface area contributed by atoms with Gasteiger partial charge in [-0.1, -0.05) is 60.7 Å². The van der Waals surface area contributed by atoms with Gasteiger partial charge in [0.1, 0.15) is 23.8 Å². The summed E-state index contributed by atoms with van der Waals surface area (Å²) in [6, 6.07) is 22.2. The van der Waals surface area contributed by atoms with Gasteiger partial charge >= 0.3 is 12.1 Å². The van der Waals surface area contributed by atoms with Crippen molar-refractivity contribution in [3.63, 3.8) is 0 Å². The molecule has 2 fully saturated rings. The van der Waals surface area contributed by atoms with Crippen LogP contribution in [0.4, 0.5) is 13.6 Å². The van der Waals surface area contributed by atoms with E-state index >= 15 is 0 Å². The summed E-state index contributed by atoms with van der Waals surface area (Å²) in [6.45, 7) is 1.82. The highest BCUT2D eigenvalue weighted by atomic mass is 19.1. The third-order valence-corrected chi connectivity index (χ3v) is 6.94. The molecule has 2 aliphatic heterocycles. The maximum Gasteiger partial charge on any atom is 0.407 e. The molecular weight excluding hydrogens is 478 g/mol. The molecular formula is C29H28F2N2O4. The first-order valence-electron chi connectivity index (χ1n) is 12.3. The Hall–Kier alpha value is -3.78. The third kappa shape index (κ3) is 5.64. The molecule has 1 N–H and O–H groups in total. The van der Waals surface area contributed by atoms with Crippen LogP contribution in [0, 0.1) is 11.6 Å². The Bertz CT molecular complexity index is 1200. The van der Waals surface area contributed by atoms with Gasteiger partial charge in [0.2, 0.25) is 0 Å². The second kappa shape index (κ2) is 10.7. The predicted molar refractivity (Wildman–Crippen MR) is 133 cm³/mol. The first kappa shape index (κ1) is 24.9. The average Bonchev–Trinajstić information content (AvgIpc) is 3.42. The summed E-state index contributed by atoms with van der Waals surface area (Å²) in [4.78, 5) is 26.5.